The highest BCUT2D eigenvalue weighted by atomic mass is 35.5. The molecule has 1 atom stereocenters. The second-order valence-corrected chi connectivity index (χ2v) is 10.2. The molecule has 4 heterocycles. The number of likely N-dealkylation sites (tertiary alicyclic amines) is 1. The lowest BCUT2D eigenvalue weighted by Gasteiger charge is -2.27. The fourth-order valence-corrected chi connectivity index (χ4v) is 5.91. The van der Waals surface area contributed by atoms with Crippen LogP contribution in [0, 0.1) is 20.8 Å². The minimum absolute atomic E-state index is 0.138. The first-order valence-electron chi connectivity index (χ1n) is 11.1. The molecule has 0 bridgehead atoms. The van der Waals surface area contributed by atoms with Crippen molar-refractivity contribution in [1.82, 2.24) is 19.7 Å². The summed E-state index contributed by atoms with van der Waals surface area (Å²) in [7, 11) is 0. The van der Waals surface area contributed by atoms with Crippen LogP contribution in [0.5, 0.6) is 0 Å². The van der Waals surface area contributed by atoms with E-state index in [0.29, 0.717) is 11.4 Å². The molecule has 3 aromatic rings. The molecule has 0 radical (unpaired) electrons. The summed E-state index contributed by atoms with van der Waals surface area (Å²) in [5.41, 5.74) is 4.16. The topological polar surface area (TPSA) is 63.4 Å². The molecule has 1 aromatic carbocycles. The summed E-state index contributed by atoms with van der Waals surface area (Å²) in [4.78, 5) is 21.6. The lowest BCUT2D eigenvalue weighted by atomic mass is 9.99. The molecule has 0 saturated carbocycles. The van der Waals surface area contributed by atoms with Gasteiger partial charge in [0.2, 0.25) is 5.91 Å². The van der Waals surface area contributed by atoms with Crippen molar-refractivity contribution in [2.24, 2.45) is 4.99 Å². The van der Waals surface area contributed by atoms with Gasteiger partial charge in [0.1, 0.15) is 16.9 Å². The number of fused-ring (bicyclic) bond motifs is 3. The van der Waals surface area contributed by atoms with Crippen molar-refractivity contribution in [3.63, 3.8) is 0 Å². The number of thiophene rings is 1. The SMILES string of the molecule is Cc1sc2c(c1C)C(c1ccc(Cl)cc1)=N[C@@H](CC(=O)N1CCCCC1)c1nnc(C)n1-2. The van der Waals surface area contributed by atoms with E-state index >= 15 is 0 Å². The summed E-state index contributed by atoms with van der Waals surface area (Å²) in [6.07, 6.45) is 3.63. The van der Waals surface area contributed by atoms with E-state index in [2.05, 4.69) is 28.6 Å². The number of aliphatic imine (C=N–C) groups is 1. The summed E-state index contributed by atoms with van der Waals surface area (Å²) < 4.78 is 2.10. The first-order chi connectivity index (χ1) is 15.4. The van der Waals surface area contributed by atoms with Crippen LogP contribution in [0.2, 0.25) is 5.02 Å². The molecule has 166 valence electrons. The number of amides is 1. The van der Waals surface area contributed by atoms with Crippen LogP contribution in [0.15, 0.2) is 29.3 Å². The van der Waals surface area contributed by atoms with E-state index in [1.807, 2.05) is 36.1 Å². The standard InChI is InChI=1S/C24H26ClN5OS/c1-14-15(2)32-24-21(14)22(17-7-9-18(25)10-8-17)26-19(23-28-27-16(3)30(23)24)13-20(31)29-11-5-4-6-12-29/h7-10,19H,4-6,11-13H2,1-3H3/t19-/m0/s1. The van der Waals surface area contributed by atoms with E-state index in [0.717, 1.165) is 59.4 Å². The summed E-state index contributed by atoms with van der Waals surface area (Å²) in [6.45, 7) is 7.88. The van der Waals surface area contributed by atoms with Gasteiger partial charge in [0.25, 0.3) is 0 Å². The molecule has 2 aliphatic heterocycles. The molecule has 2 aliphatic rings. The number of carbonyl (C=O) groups is 1. The Hall–Kier alpha value is -2.51. The maximum atomic E-state index is 13.2. The highest BCUT2D eigenvalue weighted by Gasteiger charge is 2.33. The molecule has 0 unspecified atom stereocenters. The molecule has 2 aromatic heterocycles. The van der Waals surface area contributed by atoms with Crippen molar-refractivity contribution >= 4 is 34.6 Å². The van der Waals surface area contributed by atoms with E-state index in [-0.39, 0.29) is 5.91 Å². The van der Waals surface area contributed by atoms with Gasteiger partial charge in [-0.2, -0.15) is 0 Å². The fourth-order valence-electron chi connectivity index (χ4n) is 4.57. The summed E-state index contributed by atoms with van der Waals surface area (Å²) in [5, 5.41) is 10.6. The van der Waals surface area contributed by atoms with Gasteiger partial charge in [-0.15, -0.1) is 21.5 Å². The average molecular weight is 468 g/mol. The summed E-state index contributed by atoms with van der Waals surface area (Å²) in [6, 6.07) is 7.38. The van der Waals surface area contributed by atoms with Crippen LogP contribution in [0.25, 0.3) is 5.00 Å². The zero-order chi connectivity index (χ0) is 22.4. The number of aromatic nitrogens is 3. The number of rotatable bonds is 3. The van der Waals surface area contributed by atoms with Crippen molar-refractivity contribution in [2.75, 3.05) is 13.1 Å². The third kappa shape index (κ3) is 3.67. The Morgan fingerprint density at radius 1 is 1.09 bits per heavy atom. The van der Waals surface area contributed by atoms with Crippen molar-refractivity contribution < 1.29 is 4.79 Å². The molecule has 6 nitrogen and oxygen atoms in total. The number of piperidine rings is 1. The lowest BCUT2D eigenvalue weighted by Crippen LogP contribution is -2.36. The molecule has 5 rings (SSSR count). The Labute approximate surface area is 197 Å². The maximum absolute atomic E-state index is 13.2. The normalized spacial score (nSPS) is 18.1. The van der Waals surface area contributed by atoms with Gasteiger partial charge < -0.3 is 4.90 Å². The summed E-state index contributed by atoms with van der Waals surface area (Å²) in [5.74, 6) is 1.68. The van der Waals surface area contributed by atoms with Gasteiger partial charge >= 0.3 is 0 Å². The highest BCUT2D eigenvalue weighted by molar-refractivity contribution is 7.15. The van der Waals surface area contributed by atoms with E-state index in [1.54, 1.807) is 11.3 Å². The van der Waals surface area contributed by atoms with Crippen LogP contribution in [-0.2, 0) is 4.79 Å². The number of hydrogen-bond donors (Lipinski definition) is 0. The van der Waals surface area contributed by atoms with E-state index in [9.17, 15) is 4.79 Å². The minimum atomic E-state index is -0.393. The number of nitrogens with zero attached hydrogens (tertiary/aromatic N) is 5. The molecule has 0 N–H and O–H groups in total. The van der Waals surface area contributed by atoms with Crippen LogP contribution < -0.4 is 0 Å². The lowest BCUT2D eigenvalue weighted by molar-refractivity contribution is -0.132. The Kier molecular flexibility index (Phi) is 5.63. The fraction of sp³-hybridized carbons (Fsp3) is 0.417. The maximum Gasteiger partial charge on any atom is 0.225 e. The minimum Gasteiger partial charge on any atom is -0.343 e. The highest BCUT2D eigenvalue weighted by Crippen LogP contribution is 2.39. The zero-order valence-corrected chi connectivity index (χ0v) is 20.1. The second kappa shape index (κ2) is 8.45. The monoisotopic (exact) mass is 467 g/mol. The molecule has 1 saturated heterocycles. The molecule has 8 heteroatoms. The van der Waals surface area contributed by atoms with Gasteiger partial charge in [-0.1, -0.05) is 23.7 Å². The number of halogens is 1. The first-order valence-corrected chi connectivity index (χ1v) is 12.3. The van der Waals surface area contributed by atoms with Crippen molar-refractivity contribution in [1.29, 1.82) is 0 Å². The third-order valence-corrected chi connectivity index (χ3v) is 7.88. The van der Waals surface area contributed by atoms with Crippen LogP contribution in [0.3, 0.4) is 0 Å². The van der Waals surface area contributed by atoms with Crippen LogP contribution >= 0.6 is 22.9 Å². The van der Waals surface area contributed by atoms with Gasteiger partial charge in [-0.25, -0.2) is 0 Å². The van der Waals surface area contributed by atoms with Gasteiger partial charge in [0, 0.05) is 34.1 Å². The van der Waals surface area contributed by atoms with Gasteiger partial charge in [0.15, 0.2) is 5.82 Å². The van der Waals surface area contributed by atoms with Crippen molar-refractivity contribution in [2.45, 2.75) is 52.5 Å². The first kappa shape index (κ1) is 21.3. The van der Waals surface area contributed by atoms with Crippen molar-refractivity contribution in [3.05, 3.63) is 62.5 Å². The molecule has 0 spiro atoms. The Balaban J connectivity index is 1.66. The second-order valence-electron chi connectivity index (χ2n) is 8.55. The molecular weight excluding hydrogens is 442 g/mol. The molecule has 1 amide bonds. The molecule has 0 aliphatic carbocycles. The quantitative estimate of drug-likeness (QED) is 0.531. The number of carbonyl (C=O) groups excluding carboxylic acids is 1. The number of hydrogen-bond acceptors (Lipinski definition) is 5. The van der Waals surface area contributed by atoms with Gasteiger partial charge in [0.05, 0.1) is 12.1 Å². The Morgan fingerprint density at radius 3 is 2.53 bits per heavy atom. The summed E-state index contributed by atoms with van der Waals surface area (Å²) >= 11 is 7.89. The number of aryl methyl sites for hydroxylation is 2. The van der Waals surface area contributed by atoms with E-state index in [4.69, 9.17) is 16.6 Å². The van der Waals surface area contributed by atoms with Crippen LogP contribution in [0.1, 0.15) is 64.9 Å². The zero-order valence-electron chi connectivity index (χ0n) is 18.6. The molecule has 1 fully saturated rings. The average Bonchev–Trinajstić information content (AvgIpc) is 3.27. The third-order valence-electron chi connectivity index (χ3n) is 6.43. The predicted octanol–water partition coefficient (Wildman–Crippen LogP) is 5.20. The van der Waals surface area contributed by atoms with E-state index in [1.165, 1.54) is 16.9 Å². The Morgan fingerprint density at radius 2 is 1.81 bits per heavy atom. The van der Waals surface area contributed by atoms with Gasteiger partial charge in [-0.05, 0) is 57.7 Å². The van der Waals surface area contributed by atoms with Crippen LogP contribution in [0.4, 0.5) is 0 Å². The molecular formula is C24H26ClN5OS. The van der Waals surface area contributed by atoms with Gasteiger partial charge in [-0.3, -0.25) is 14.4 Å². The smallest absolute Gasteiger partial charge is 0.225 e. The Bertz CT molecular complexity index is 1200. The predicted molar refractivity (Wildman–Crippen MR) is 128 cm³/mol. The number of benzene rings is 1. The van der Waals surface area contributed by atoms with E-state index < -0.39 is 6.04 Å². The van der Waals surface area contributed by atoms with Crippen molar-refractivity contribution in [3.8, 4) is 5.00 Å². The molecule has 32 heavy (non-hydrogen) atoms. The van der Waals surface area contributed by atoms with Crippen LogP contribution in [-0.4, -0.2) is 44.4 Å². The largest absolute Gasteiger partial charge is 0.343 e.